The van der Waals surface area contributed by atoms with Crippen molar-refractivity contribution in [2.45, 2.75) is 27.2 Å². The molecule has 0 aromatic heterocycles. The third kappa shape index (κ3) is 3.39. The second-order valence-corrected chi connectivity index (χ2v) is 1.51. The first-order valence-corrected chi connectivity index (χ1v) is 2.56. The van der Waals surface area contributed by atoms with E-state index in [0.29, 0.717) is 0 Å². The van der Waals surface area contributed by atoms with E-state index in [4.69, 9.17) is 0 Å². The maximum atomic E-state index is 2.96. The predicted octanol–water partition coefficient (Wildman–Crippen LogP) is 2.01. The van der Waals surface area contributed by atoms with Gasteiger partial charge in [-0.3, -0.25) is 0 Å². The molecule has 0 bridgehead atoms. The predicted molar refractivity (Wildman–Crippen MR) is 32.7 cm³/mol. The largest absolute Gasteiger partial charge is 0.106 e. The lowest BCUT2D eigenvalue weighted by atomic mass is 10.1. The van der Waals surface area contributed by atoms with Crippen molar-refractivity contribution >= 4 is 0 Å². The Morgan fingerprint density at radius 3 is 2.29 bits per heavy atom. The van der Waals surface area contributed by atoms with Gasteiger partial charge in [0.05, 0.1) is 0 Å². The lowest BCUT2D eigenvalue weighted by molar-refractivity contribution is 1.01. The average molecular weight is 95.2 g/mol. The van der Waals surface area contributed by atoms with Crippen LogP contribution < -0.4 is 0 Å². The second kappa shape index (κ2) is 3.74. The van der Waals surface area contributed by atoms with Gasteiger partial charge in [0.1, 0.15) is 0 Å². The van der Waals surface area contributed by atoms with Gasteiger partial charge in [-0.1, -0.05) is 12.8 Å². The normalized spacial score (nSPS) is 8.00. The van der Waals surface area contributed by atoms with Crippen molar-refractivity contribution in [3.8, 4) is 11.8 Å². The van der Waals surface area contributed by atoms with E-state index in [-0.39, 0.29) is 0 Å². The molecule has 0 heteroatoms. The Labute approximate surface area is 45.9 Å². The standard InChI is InChI=1S/C7H11/c1-4-6-7(3)5-2/h5H2,1-3H3. The van der Waals surface area contributed by atoms with Crippen LogP contribution in [0.3, 0.4) is 0 Å². The summed E-state index contributed by atoms with van der Waals surface area (Å²) < 4.78 is 0. The summed E-state index contributed by atoms with van der Waals surface area (Å²) in [5.74, 6) is 7.06. The van der Waals surface area contributed by atoms with E-state index < -0.39 is 0 Å². The second-order valence-electron chi connectivity index (χ2n) is 1.51. The zero-order valence-corrected chi connectivity index (χ0v) is 5.21. The van der Waals surface area contributed by atoms with Crippen molar-refractivity contribution in [2.24, 2.45) is 0 Å². The van der Waals surface area contributed by atoms with Gasteiger partial charge in [0.2, 0.25) is 0 Å². The van der Waals surface area contributed by atoms with E-state index >= 15 is 0 Å². The molecule has 7 heavy (non-hydrogen) atoms. The van der Waals surface area contributed by atoms with Crippen LogP contribution in [-0.2, 0) is 0 Å². The van der Waals surface area contributed by atoms with Gasteiger partial charge in [-0.15, -0.1) is 5.92 Å². The highest BCUT2D eigenvalue weighted by Crippen LogP contribution is 1.98. The van der Waals surface area contributed by atoms with Crippen LogP contribution in [0.15, 0.2) is 0 Å². The molecule has 1 radical (unpaired) electrons. The molecule has 0 aliphatic heterocycles. The molecular formula is C7H11. The Kier molecular flexibility index (Phi) is 3.50. The van der Waals surface area contributed by atoms with Crippen LogP contribution in [0.2, 0.25) is 0 Å². The fourth-order valence-corrected chi connectivity index (χ4v) is 0.302. The van der Waals surface area contributed by atoms with E-state index in [1.165, 1.54) is 5.92 Å². The minimum Gasteiger partial charge on any atom is -0.106 e. The average Bonchev–Trinajstić information content (AvgIpc) is 1.68. The van der Waals surface area contributed by atoms with Crippen LogP contribution in [-0.4, -0.2) is 0 Å². The van der Waals surface area contributed by atoms with E-state index in [1.54, 1.807) is 0 Å². The van der Waals surface area contributed by atoms with Gasteiger partial charge in [-0.2, -0.15) is 0 Å². The molecule has 0 nitrogen and oxygen atoms in total. The fraction of sp³-hybridized carbons (Fsp3) is 0.571. The molecule has 0 rings (SSSR count). The van der Waals surface area contributed by atoms with Crippen LogP contribution >= 0.6 is 0 Å². The zero-order chi connectivity index (χ0) is 5.70. The van der Waals surface area contributed by atoms with E-state index in [9.17, 15) is 0 Å². The summed E-state index contributed by atoms with van der Waals surface area (Å²) in [5.41, 5.74) is 0. The summed E-state index contributed by atoms with van der Waals surface area (Å²) >= 11 is 0. The first-order valence-electron chi connectivity index (χ1n) is 2.56. The van der Waals surface area contributed by atoms with Gasteiger partial charge in [0.15, 0.2) is 0 Å². The molecule has 0 aliphatic rings. The van der Waals surface area contributed by atoms with E-state index in [0.717, 1.165) is 6.42 Å². The summed E-state index contributed by atoms with van der Waals surface area (Å²) in [7, 11) is 0. The van der Waals surface area contributed by atoms with Crippen molar-refractivity contribution in [2.75, 3.05) is 0 Å². The molecule has 0 aliphatic carbocycles. The van der Waals surface area contributed by atoms with Crippen LogP contribution in [0.25, 0.3) is 0 Å². The van der Waals surface area contributed by atoms with Gasteiger partial charge in [-0.25, -0.2) is 0 Å². The van der Waals surface area contributed by atoms with Crippen molar-refractivity contribution < 1.29 is 0 Å². The third-order valence-corrected chi connectivity index (χ3v) is 0.869. The van der Waals surface area contributed by atoms with Crippen molar-refractivity contribution in [3.63, 3.8) is 0 Å². The van der Waals surface area contributed by atoms with Gasteiger partial charge in [0, 0.05) is 5.92 Å². The SMILES string of the molecule is CC#C[C](C)CC. The first-order chi connectivity index (χ1) is 3.31. The molecule has 0 saturated carbocycles. The number of rotatable bonds is 1. The molecule has 0 atom stereocenters. The lowest BCUT2D eigenvalue weighted by Gasteiger charge is -1.90. The molecule has 0 unspecified atom stereocenters. The maximum Gasteiger partial charge on any atom is 0.0446 e. The number of hydrogen-bond acceptors (Lipinski definition) is 0. The summed E-state index contributed by atoms with van der Waals surface area (Å²) in [6.45, 7) is 6.02. The molecule has 0 saturated heterocycles. The first kappa shape index (κ1) is 6.56. The van der Waals surface area contributed by atoms with Crippen LogP contribution in [0.1, 0.15) is 27.2 Å². The van der Waals surface area contributed by atoms with Crippen LogP contribution in [0.5, 0.6) is 0 Å². The highest BCUT2D eigenvalue weighted by molar-refractivity contribution is 5.17. The molecule has 0 heterocycles. The quantitative estimate of drug-likeness (QED) is 0.437. The molecule has 0 aromatic rings. The van der Waals surface area contributed by atoms with Gasteiger partial charge in [0.25, 0.3) is 0 Å². The summed E-state index contributed by atoms with van der Waals surface area (Å²) in [4.78, 5) is 0. The Morgan fingerprint density at radius 2 is 2.14 bits per heavy atom. The highest BCUT2D eigenvalue weighted by atomic mass is 13.9. The molecule has 0 spiro atoms. The van der Waals surface area contributed by atoms with Gasteiger partial charge in [-0.05, 0) is 20.3 Å². The third-order valence-electron chi connectivity index (χ3n) is 0.869. The van der Waals surface area contributed by atoms with Crippen molar-refractivity contribution in [1.29, 1.82) is 0 Å². The number of hydrogen-bond donors (Lipinski definition) is 0. The maximum absolute atomic E-state index is 2.96. The van der Waals surface area contributed by atoms with Crippen LogP contribution in [0.4, 0.5) is 0 Å². The minimum absolute atomic E-state index is 1.08. The zero-order valence-electron chi connectivity index (χ0n) is 5.21. The topological polar surface area (TPSA) is 0 Å². The Bertz CT molecular complexity index is 81.9. The summed E-state index contributed by atoms with van der Waals surface area (Å²) in [6.07, 6.45) is 1.08. The Balaban J connectivity index is 3.29. The van der Waals surface area contributed by atoms with Crippen molar-refractivity contribution in [3.05, 3.63) is 5.92 Å². The minimum atomic E-state index is 1.08. The van der Waals surface area contributed by atoms with Gasteiger partial charge >= 0.3 is 0 Å². The van der Waals surface area contributed by atoms with E-state index in [1.807, 2.05) is 6.92 Å². The summed E-state index contributed by atoms with van der Waals surface area (Å²) in [6, 6.07) is 0. The molecule has 0 amide bonds. The summed E-state index contributed by atoms with van der Waals surface area (Å²) in [5, 5.41) is 0. The van der Waals surface area contributed by atoms with Crippen LogP contribution in [0, 0.1) is 17.8 Å². The molecule has 0 fully saturated rings. The fourth-order valence-electron chi connectivity index (χ4n) is 0.302. The molecular weight excluding hydrogens is 84.1 g/mol. The van der Waals surface area contributed by atoms with Crippen molar-refractivity contribution in [1.82, 2.24) is 0 Å². The highest BCUT2D eigenvalue weighted by Gasteiger charge is 1.87. The monoisotopic (exact) mass is 95.1 g/mol. The molecule has 0 aromatic carbocycles. The Hall–Kier alpha value is -0.440. The van der Waals surface area contributed by atoms with E-state index in [2.05, 4.69) is 25.7 Å². The Morgan fingerprint density at radius 1 is 1.57 bits per heavy atom. The smallest absolute Gasteiger partial charge is 0.0446 e. The molecule has 0 N–H and O–H groups in total. The lowest BCUT2D eigenvalue weighted by Crippen LogP contribution is -1.79. The van der Waals surface area contributed by atoms with Gasteiger partial charge < -0.3 is 0 Å². The molecule has 39 valence electrons.